The van der Waals surface area contributed by atoms with E-state index < -0.39 is 53.1 Å². The first-order chi connectivity index (χ1) is 16.0. The first-order valence-electron chi connectivity index (χ1n) is 9.51. The van der Waals surface area contributed by atoms with Crippen LogP contribution in [0.2, 0.25) is 0 Å². The Morgan fingerprint density at radius 1 is 1.26 bits per heavy atom. The molecule has 2 aromatic rings. The van der Waals surface area contributed by atoms with Crippen molar-refractivity contribution in [2.24, 2.45) is 0 Å². The van der Waals surface area contributed by atoms with Crippen molar-refractivity contribution in [2.75, 3.05) is 18.9 Å². The summed E-state index contributed by atoms with van der Waals surface area (Å²) in [5, 5.41) is 0. The van der Waals surface area contributed by atoms with Crippen LogP contribution in [0.3, 0.4) is 0 Å². The van der Waals surface area contributed by atoms with E-state index >= 15 is 0 Å². The minimum atomic E-state index is -5.69. The standard InChI is InChI=1S/C13H20N5O14P3/c1-12-4-13(2-3-27-30-12,5-28-34(23,24)32-35(25,26)31-33(20,21)22)29-10(12)18-6-15-7-8(18)16-11(14)17-9(7)19/h6,10H,2-5H2,1H3,(H,23,24)(H,25,26)(H2,20,21,22)(H3,14,16,17,19)/t10-,12-,13+/m1/s1. The average molecular weight is 563 g/mol. The molecule has 35 heavy (non-hydrogen) atoms. The zero-order chi connectivity index (χ0) is 25.9. The van der Waals surface area contributed by atoms with Gasteiger partial charge in [0.25, 0.3) is 5.56 Å². The van der Waals surface area contributed by atoms with Gasteiger partial charge in [-0.15, -0.1) is 0 Å². The molecule has 2 fully saturated rings. The third-order valence-corrected chi connectivity index (χ3v) is 8.84. The van der Waals surface area contributed by atoms with Crippen LogP contribution in [0.15, 0.2) is 11.1 Å². The third-order valence-electron chi connectivity index (χ3n) is 5.06. The molecule has 2 unspecified atom stereocenters. The maximum atomic E-state index is 12.2. The van der Waals surface area contributed by atoms with E-state index in [2.05, 4.69) is 23.6 Å². The van der Waals surface area contributed by atoms with Gasteiger partial charge in [0.1, 0.15) is 11.2 Å². The normalized spacial score (nSPS) is 30.6. The second-order valence-corrected chi connectivity index (χ2v) is 12.4. The minimum absolute atomic E-state index is 0.0151. The van der Waals surface area contributed by atoms with Crippen molar-refractivity contribution in [3.05, 3.63) is 16.7 Å². The van der Waals surface area contributed by atoms with E-state index in [0.717, 1.165) is 0 Å². The lowest BCUT2D eigenvalue weighted by Gasteiger charge is -2.31. The van der Waals surface area contributed by atoms with Gasteiger partial charge in [-0.25, -0.2) is 28.5 Å². The van der Waals surface area contributed by atoms with Crippen LogP contribution in [-0.4, -0.2) is 63.5 Å². The minimum Gasteiger partial charge on any atom is -0.369 e. The lowest BCUT2D eigenvalue weighted by Crippen LogP contribution is -2.35. The molecule has 0 radical (unpaired) electrons. The molecule has 7 N–H and O–H groups in total. The van der Waals surface area contributed by atoms with Gasteiger partial charge in [0.05, 0.1) is 19.5 Å². The third kappa shape index (κ3) is 5.73. The van der Waals surface area contributed by atoms with Crippen molar-refractivity contribution >= 4 is 40.6 Å². The highest BCUT2D eigenvalue weighted by atomic mass is 31.3. The molecule has 0 aliphatic carbocycles. The monoisotopic (exact) mass is 563 g/mol. The van der Waals surface area contributed by atoms with Gasteiger partial charge in [0.2, 0.25) is 5.95 Å². The van der Waals surface area contributed by atoms with Gasteiger partial charge in [0.15, 0.2) is 17.4 Å². The molecule has 2 aromatic heterocycles. The summed E-state index contributed by atoms with van der Waals surface area (Å²) in [5.41, 5.74) is 2.35. The lowest BCUT2D eigenvalue weighted by atomic mass is 9.89. The molecule has 196 valence electrons. The Morgan fingerprint density at radius 3 is 2.66 bits per heavy atom. The van der Waals surface area contributed by atoms with Crippen molar-refractivity contribution in [3.63, 3.8) is 0 Å². The summed E-state index contributed by atoms with van der Waals surface area (Å²) in [7, 11) is -16.6. The number of nitrogens with zero attached hydrogens (tertiary/aromatic N) is 3. The number of hydrogen-bond acceptors (Lipinski definition) is 13. The number of anilines is 1. The number of nitrogens with two attached hydrogens (primary N) is 1. The topological polar surface area (TPSA) is 277 Å². The molecule has 5 atom stereocenters. The summed E-state index contributed by atoms with van der Waals surface area (Å²) in [5.74, 6) is -0.188. The second kappa shape index (κ2) is 8.78. The summed E-state index contributed by atoms with van der Waals surface area (Å²) in [4.78, 5) is 69.6. The average Bonchev–Trinajstić information content (AvgIpc) is 3.14. The second-order valence-electron chi connectivity index (χ2n) is 7.94. The predicted molar refractivity (Wildman–Crippen MR) is 110 cm³/mol. The molecule has 2 aliphatic heterocycles. The van der Waals surface area contributed by atoms with Crippen molar-refractivity contribution in [1.82, 2.24) is 19.5 Å². The molecule has 0 spiro atoms. The van der Waals surface area contributed by atoms with Crippen LogP contribution in [0, 0.1) is 0 Å². The van der Waals surface area contributed by atoms with Gasteiger partial charge in [-0.3, -0.25) is 18.9 Å². The quantitative estimate of drug-likeness (QED) is 0.179. The van der Waals surface area contributed by atoms with E-state index in [9.17, 15) is 28.3 Å². The largest absolute Gasteiger partial charge is 0.490 e. The number of rotatable bonds is 8. The molecule has 19 nitrogen and oxygen atoms in total. The SMILES string of the molecule is C[C@]12C[C@](COP(=O)(O)OP(=O)(O)OP(=O)(O)O)(CCOO1)O[C@H]2n1cnc2c(=O)[nH]c(N)nc21. The number of nitrogen functional groups attached to an aromatic ring is 1. The maximum Gasteiger partial charge on any atom is 0.490 e. The summed E-state index contributed by atoms with van der Waals surface area (Å²) in [6, 6.07) is 0. The Balaban J connectivity index is 1.59. The van der Waals surface area contributed by atoms with Crippen molar-refractivity contribution in [3.8, 4) is 0 Å². The number of aromatic nitrogens is 4. The number of H-pyrrole nitrogens is 1. The number of ether oxygens (including phenoxy) is 1. The number of fused-ring (bicyclic) bond motifs is 3. The summed E-state index contributed by atoms with van der Waals surface area (Å²) in [6.45, 7) is 0.813. The number of nitrogens with one attached hydrogen (secondary N) is 1. The van der Waals surface area contributed by atoms with Crippen LogP contribution in [0.25, 0.3) is 11.2 Å². The molecule has 22 heteroatoms. The molecule has 4 rings (SSSR count). The Morgan fingerprint density at radius 2 is 1.97 bits per heavy atom. The van der Waals surface area contributed by atoms with E-state index in [1.165, 1.54) is 10.9 Å². The number of phosphoric ester groups is 1. The van der Waals surface area contributed by atoms with Gasteiger partial charge in [-0.1, -0.05) is 0 Å². The molecular weight excluding hydrogens is 543 g/mol. The smallest absolute Gasteiger partial charge is 0.369 e. The zero-order valence-electron chi connectivity index (χ0n) is 17.6. The Kier molecular flexibility index (Phi) is 6.65. The van der Waals surface area contributed by atoms with Gasteiger partial charge in [0, 0.05) is 12.8 Å². The van der Waals surface area contributed by atoms with Gasteiger partial charge >= 0.3 is 23.5 Å². The van der Waals surface area contributed by atoms with E-state index in [4.69, 9.17) is 34.6 Å². The molecule has 4 heterocycles. The first-order valence-corrected chi connectivity index (χ1v) is 14.0. The van der Waals surface area contributed by atoms with E-state index in [0.29, 0.717) is 0 Å². The summed E-state index contributed by atoms with van der Waals surface area (Å²) in [6.07, 6.45) is 0.209. The summed E-state index contributed by atoms with van der Waals surface area (Å²) < 4.78 is 54.3. The van der Waals surface area contributed by atoms with E-state index in [1.807, 2.05) is 0 Å². The van der Waals surface area contributed by atoms with Crippen LogP contribution in [0.1, 0.15) is 26.0 Å². The Hall–Kier alpha value is -1.56. The molecule has 2 aliphatic rings. The molecule has 0 saturated carbocycles. The Bertz CT molecular complexity index is 1340. The van der Waals surface area contributed by atoms with E-state index in [1.54, 1.807) is 6.92 Å². The molecule has 2 saturated heterocycles. The van der Waals surface area contributed by atoms with Gasteiger partial charge in [-0.2, -0.15) is 13.6 Å². The number of imidazole rings is 1. The fourth-order valence-corrected chi connectivity index (χ4v) is 6.97. The van der Waals surface area contributed by atoms with E-state index in [-0.39, 0.29) is 36.6 Å². The highest BCUT2D eigenvalue weighted by Crippen LogP contribution is 2.66. The van der Waals surface area contributed by atoms with Crippen molar-refractivity contribution in [1.29, 1.82) is 0 Å². The fourth-order valence-electron chi connectivity index (χ4n) is 3.88. The number of phosphoric acid groups is 3. The first kappa shape index (κ1) is 26.5. The highest BCUT2D eigenvalue weighted by molar-refractivity contribution is 7.66. The number of aromatic amines is 1. The zero-order valence-corrected chi connectivity index (χ0v) is 20.3. The van der Waals surface area contributed by atoms with Crippen molar-refractivity contribution in [2.45, 2.75) is 37.2 Å². The van der Waals surface area contributed by atoms with Gasteiger partial charge in [-0.05, 0) is 6.92 Å². The molecule has 0 amide bonds. The van der Waals surface area contributed by atoms with Crippen LogP contribution in [0.4, 0.5) is 5.95 Å². The molecule has 2 bridgehead atoms. The number of hydrogen-bond donors (Lipinski definition) is 6. The van der Waals surface area contributed by atoms with Crippen LogP contribution >= 0.6 is 23.5 Å². The fraction of sp³-hybridized carbons (Fsp3) is 0.615. The maximum absolute atomic E-state index is 12.2. The van der Waals surface area contributed by atoms with Crippen LogP contribution in [-0.2, 0) is 41.4 Å². The predicted octanol–water partition coefficient (Wildman–Crippen LogP) is -0.187. The molecule has 0 aromatic carbocycles. The van der Waals surface area contributed by atoms with Crippen LogP contribution in [0.5, 0.6) is 0 Å². The Labute approximate surface area is 194 Å². The summed E-state index contributed by atoms with van der Waals surface area (Å²) >= 11 is 0. The van der Waals surface area contributed by atoms with Gasteiger partial charge < -0.3 is 30.0 Å². The lowest BCUT2D eigenvalue weighted by molar-refractivity contribution is -0.375. The van der Waals surface area contributed by atoms with Crippen LogP contribution < -0.4 is 11.3 Å². The highest BCUT2D eigenvalue weighted by Gasteiger charge is 2.59. The van der Waals surface area contributed by atoms with Crippen molar-refractivity contribution < 1.29 is 60.9 Å². The molecular formula is C13H20N5O14P3.